The summed E-state index contributed by atoms with van der Waals surface area (Å²) in [5, 5.41) is 4.41. The molecule has 124 valence electrons. The van der Waals surface area contributed by atoms with Crippen molar-refractivity contribution in [1.82, 2.24) is 15.3 Å². The van der Waals surface area contributed by atoms with Crippen LogP contribution in [0, 0.1) is 6.92 Å². The summed E-state index contributed by atoms with van der Waals surface area (Å²) >= 11 is 7.63. The van der Waals surface area contributed by atoms with Crippen molar-refractivity contribution in [3.05, 3.63) is 58.6 Å². The molecule has 4 nitrogen and oxygen atoms in total. The van der Waals surface area contributed by atoms with E-state index >= 15 is 0 Å². The van der Waals surface area contributed by atoms with E-state index in [2.05, 4.69) is 28.3 Å². The fourth-order valence-corrected chi connectivity index (χ4v) is 3.36. The lowest BCUT2D eigenvalue weighted by atomic mass is 10.2. The largest absolute Gasteiger partial charge is 0.352 e. The Labute approximate surface area is 150 Å². The van der Waals surface area contributed by atoms with E-state index in [4.69, 9.17) is 11.6 Å². The number of amides is 1. The van der Waals surface area contributed by atoms with Gasteiger partial charge in [-0.05, 0) is 36.2 Å². The van der Waals surface area contributed by atoms with Crippen LogP contribution in [0.1, 0.15) is 17.5 Å². The number of aromatic nitrogens is 2. The van der Waals surface area contributed by atoms with Gasteiger partial charge in [0, 0.05) is 23.7 Å². The molecule has 0 atom stereocenters. The Morgan fingerprint density at radius 3 is 2.96 bits per heavy atom. The van der Waals surface area contributed by atoms with E-state index in [-0.39, 0.29) is 5.91 Å². The van der Waals surface area contributed by atoms with Crippen LogP contribution in [0.4, 0.5) is 0 Å². The summed E-state index contributed by atoms with van der Waals surface area (Å²) in [4.78, 5) is 19.7. The lowest BCUT2D eigenvalue weighted by Gasteiger charge is -2.06. The zero-order chi connectivity index (χ0) is 16.9. The van der Waals surface area contributed by atoms with Gasteiger partial charge in [0.1, 0.15) is 0 Å². The van der Waals surface area contributed by atoms with Crippen LogP contribution in [0.25, 0.3) is 11.0 Å². The zero-order valence-corrected chi connectivity index (χ0v) is 14.9. The van der Waals surface area contributed by atoms with Crippen LogP contribution in [-0.4, -0.2) is 21.6 Å². The van der Waals surface area contributed by atoms with Crippen LogP contribution in [0.5, 0.6) is 0 Å². The quantitative estimate of drug-likeness (QED) is 0.644. The third-order valence-electron chi connectivity index (χ3n) is 3.62. The highest BCUT2D eigenvalue weighted by molar-refractivity contribution is 7.99. The molecule has 24 heavy (non-hydrogen) atoms. The van der Waals surface area contributed by atoms with Gasteiger partial charge in [0.05, 0.1) is 11.0 Å². The van der Waals surface area contributed by atoms with Crippen molar-refractivity contribution in [3.8, 4) is 0 Å². The van der Waals surface area contributed by atoms with Crippen molar-refractivity contribution < 1.29 is 4.79 Å². The Hall–Kier alpha value is -1.98. The molecular formula is C18H18ClN3OS. The van der Waals surface area contributed by atoms with Gasteiger partial charge in [0.15, 0.2) is 5.16 Å². The molecule has 0 spiro atoms. The smallest absolute Gasteiger partial charge is 0.221 e. The van der Waals surface area contributed by atoms with Crippen LogP contribution in [0.3, 0.4) is 0 Å². The first kappa shape index (κ1) is 16.9. The van der Waals surface area contributed by atoms with Gasteiger partial charge >= 0.3 is 0 Å². The number of fused-ring (bicyclic) bond motifs is 1. The van der Waals surface area contributed by atoms with Gasteiger partial charge < -0.3 is 10.3 Å². The predicted molar refractivity (Wildman–Crippen MR) is 99.5 cm³/mol. The third-order valence-corrected chi connectivity index (χ3v) is 4.86. The monoisotopic (exact) mass is 359 g/mol. The minimum atomic E-state index is 0.00868. The summed E-state index contributed by atoms with van der Waals surface area (Å²) in [5.41, 5.74) is 4.10. The Kier molecular flexibility index (Phi) is 5.43. The van der Waals surface area contributed by atoms with Gasteiger partial charge in [-0.3, -0.25) is 4.79 Å². The van der Waals surface area contributed by atoms with E-state index in [0.717, 1.165) is 21.8 Å². The van der Waals surface area contributed by atoms with Crippen molar-refractivity contribution in [3.63, 3.8) is 0 Å². The van der Waals surface area contributed by atoms with Crippen LogP contribution >= 0.6 is 23.4 Å². The lowest BCUT2D eigenvalue weighted by Crippen LogP contribution is -2.23. The second-order valence-corrected chi connectivity index (χ2v) is 7.02. The molecule has 1 amide bonds. The Morgan fingerprint density at radius 1 is 1.29 bits per heavy atom. The van der Waals surface area contributed by atoms with Gasteiger partial charge in [-0.25, -0.2) is 4.98 Å². The summed E-state index contributed by atoms with van der Waals surface area (Å²) in [5.74, 6) is 0.682. The highest BCUT2D eigenvalue weighted by Gasteiger charge is 2.07. The summed E-state index contributed by atoms with van der Waals surface area (Å²) in [7, 11) is 0. The minimum Gasteiger partial charge on any atom is -0.352 e. The fourth-order valence-electron chi connectivity index (χ4n) is 2.33. The van der Waals surface area contributed by atoms with Crippen LogP contribution in [0.15, 0.2) is 47.6 Å². The van der Waals surface area contributed by atoms with Gasteiger partial charge in [0.25, 0.3) is 0 Å². The number of hydrogen-bond donors (Lipinski definition) is 2. The summed E-state index contributed by atoms with van der Waals surface area (Å²) in [6.45, 7) is 2.50. The highest BCUT2D eigenvalue weighted by atomic mass is 35.5. The first-order valence-corrected chi connectivity index (χ1v) is 9.07. The number of aryl methyl sites for hydroxylation is 1. The number of carbonyl (C=O) groups is 1. The average molecular weight is 360 g/mol. The molecule has 0 unspecified atom stereocenters. The topological polar surface area (TPSA) is 57.8 Å². The van der Waals surface area contributed by atoms with Gasteiger partial charge in [-0.2, -0.15) is 0 Å². The molecule has 0 aliphatic heterocycles. The first-order chi connectivity index (χ1) is 11.6. The van der Waals surface area contributed by atoms with Gasteiger partial charge in [-0.15, -0.1) is 0 Å². The average Bonchev–Trinajstić information content (AvgIpc) is 2.96. The van der Waals surface area contributed by atoms with E-state index in [1.54, 1.807) is 11.8 Å². The number of imidazole rings is 1. The maximum absolute atomic E-state index is 11.9. The number of aromatic amines is 1. The van der Waals surface area contributed by atoms with Crippen molar-refractivity contribution in [1.29, 1.82) is 0 Å². The molecular weight excluding hydrogens is 342 g/mol. The number of H-pyrrole nitrogens is 1. The standard InChI is InChI=1S/C18H18ClN3OS/c1-12-6-7-15-16(10-12)22-18(21-15)24-9-8-17(23)20-11-13-4-2-3-5-14(13)19/h2-7,10H,8-9,11H2,1H3,(H,20,23)(H,21,22). The molecule has 3 rings (SSSR count). The Balaban J connectivity index is 1.47. The second kappa shape index (κ2) is 7.73. The van der Waals surface area contributed by atoms with Crippen molar-refractivity contribution in [2.75, 3.05) is 5.75 Å². The zero-order valence-electron chi connectivity index (χ0n) is 13.3. The number of nitrogens with zero attached hydrogens (tertiary/aromatic N) is 1. The Morgan fingerprint density at radius 2 is 2.12 bits per heavy atom. The molecule has 0 radical (unpaired) electrons. The number of benzene rings is 2. The number of nitrogens with one attached hydrogen (secondary N) is 2. The molecule has 0 aliphatic carbocycles. The fraction of sp³-hybridized carbons (Fsp3) is 0.222. The minimum absolute atomic E-state index is 0.00868. The van der Waals surface area contributed by atoms with Gasteiger partial charge in [0.2, 0.25) is 5.91 Å². The molecule has 1 heterocycles. The molecule has 0 saturated carbocycles. The molecule has 1 aromatic heterocycles. The molecule has 0 aliphatic rings. The van der Waals surface area contributed by atoms with Crippen LogP contribution < -0.4 is 5.32 Å². The van der Waals surface area contributed by atoms with E-state index in [1.165, 1.54) is 5.56 Å². The summed E-state index contributed by atoms with van der Waals surface area (Å²) in [6, 6.07) is 13.6. The molecule has 6 heteroatoms. The molecule has 0 saturated heterocycles. The SMILES string of the molecule is Cc1ccc2nc(SCCC(=O)NCc3ccccc3Cl)[nH]c2c1. The van der Waals surface area contributed by atoms with Crippen LogP contribution in [0.2, 0.25) is 5.02 Å². The predicted octanol–water partition coefficient (Wildman–Crippen LogP) is 4.32. The lowest BCUT2D eigenvalue weighted by molar-refractivity contribution is -0.120. The molecule has 3 aromatic rings. The van der Waals surface area contributed by atoms with E-state index in [1.807, 2.05) is 36.4 Å². The normalized spacial score (nSPS) is 10.9. The van der Waals surface area contributed by atoms with Crippen molar-refractivity contribution in [2.24, 2.45) is 0 Å². The number of halogens is 1. The molecule has 2 N–H and O–H groups in total. The summed E-state index contributed by atoms with van der Waals surface area (Å²) in [6.07, 6.45) is 0.436. The van der Waals surface area contributed by atoms with Crippen LogP contribution in [-0.2, 0) is 11.3 Å². The number of carbonyl (C=O) groups excluding carboxylic acids is 1. The molecule has 2 aromatic carbocycles. The van der Waals surface area contributed by atoms with Crippen molar-refractivity contribution in [2.45, 2.75) is 25.0 Å². The summed E-state index contributed by atoms with van der Waals surface area (Å²) < 4.78 is 0. The van der Waals surface area contributed by atoms with E-state index < -0.39 is 0 Å². The van der Waals surface area contributed by atoms with E-state index in [9.17, 15) is 4.79 Å². The first-order valence-electron chi connectivity index (χ1n) is 7.71. The third kappa shape index (κ3) is 4.30. The van der Waals surface area contributed by atoms with Crippen molar-refractivity contribution >= 4 is 40.3 Å². The molecule has 0 fully saturated rings. The van der Waals surface area contributed by atoms with Gasteiger partial charge in [-0.1, -0.05) is 47.6 Å². The Bertz CT molecular complexity index is 862. The second-order valence-electron chi connectivity index (χ2n) is 5.53. The number of thioether (sulfide) groups is 1. The maximum atomic E-state index is 11.9. The maximum Gasteiger partial charge on any atom is 0.221 e. The number of rotatable bonds is 6. The highest BCUT2D eigenvalue weighted by Crippen LogP contribution is 2.21. The number of hydrogen-bond acceptors (Lipinski definition) is 3. The molecule has 0 bridgehead atoms. The van der Waals surface area contributed by atoms with E-state index in [0.29, 0.717) is 23.7 Å².